The van der Waals surface area contributed by atoms with Crippen LogP contribution in [0.15, 0.2) is 36.4 Å². The molecule has 0 heterocycles. The van der Waals surface area contributed by atoms with E-state index in [0.29, 0.717) is 23.1 Å². The molecule has 0 fully saturated rings. The van der Waals surface area contributed by atoms with E-state index in [1.165, 1.54) is 32.4 Å². The summed E-state index contributed by atoms with van der Waals surface area (Å²) in [6.45, 7) is -0.899. The van der Waals surface area contributed by atoms with Gasteiger partial charge >= 0.3 is 12.1 Å². The topological polar surface area (TPSA) is 117 Å². The van der Waals surface area contributed by atoms with Crippen molar-refractivity contribution in [3.05, 3.63) is 62.7 Å². The Morgan fingerprint density at radius 1 is 1.18 bits per heavy atom. The van der Waals surface area contributed by atoms with Gasteiger partial charge in [0.1, 0.15) is 0 Å². The minimum atomic E-state index is -4.96. The number of halogens is 4. The number of hydrogen-bond acceptors (Lipinski definition) is 7. The molecule has 0 saturated carbocycles. The van der Waals surface area contributed by atoms with Gasteiger partial charge in [0.2, 0.25) is 0 Å². The highest BCUT2D eigenvalue weighted by Crippen LogP contribution is 2.37. The molecule has 0 unspecified atom stereocenters. The molecule has 9 nitrogen and oxygen atoms in total. The van der Waals surface area contributed by atoms with E-state index >= 15 is 0 Å². The van der Waals surface area contributed by atoms with Crippen LogP contribution < -0.4 is 14.8 Å². The number of nitro groups is 1. The summed E-state index contributed by atoms with van der Waals surface area (Å²) in [6, 6.07) is 4.83. The first kappa shape index (κ1) is 25.5. The Kier molecular flexibility index (Phi) is 8.24. The molecule has 0 aliphatic carbocycles. The van der Waals surface area contributed by atoms with Crippen LogP contribution in [0, 0.1) is 10.1 Å². The van der Waals surface area contributed by atoms with Gasteiger partial charge in [-0.05, 0) is 29.8 Å². The van der Waals surface area contributed by atoms with Crippen molar-refractivity contribution >= 4 is 40.9 Å². The number of benzene rings is 2. The highest BCUT2D eigenvalue weighted by molar-refractivity contribution is 6.32. The number of amides is 1. The van der Waals surface area contributed by atoms with Crippen LogP contribution in [-0.2, 0) is 20.5 Å². The molecule has 1 N–H and O–H groups in total. The van der Waals surface area contributed by atoms with Gasteiger partial charge in [0.25, 0.3) is 11.6 Å². The number of methoxy groups -OCH3 is 2. The first-order valence-electron chi connectivity index (χ1n) is 8.88. The van der Waals surface area contributed by atoms with E-state index in [9.17, 15) is 32.9 Å². The Morgan fingerprint density at radius 3 is 2.45 bits per heavy atom. The van der Waals surface area contributed by atoms with Gasteiger partial charge in [-0.15, -0.1) is 0 Å². The fourth-order valence-electron chi connectivity index (χ4n) is 2.56. The summed E-state index contributed by atoms with van der Waals surface area (Å²) in [7, 11) is 2.79. The summed E-state index contributed by atoms with van der Waals surface area (Å²) < 4.78 is 54.4. The Hall–Kier alpha value is -3.80. The van der Waals surface area contributed by atoms with Crippen LogP contribution in [-0.4, -0.2) is 37.6 Å². The van der Waals surface area contributed by atoms with Crippen LogP contribution in [0.4, 0.5) is 24.5 Å². The molecule has 0 aliphatic rings. The molecule has 1 amide bonds. The summed E-state index contributed by atoms with van der Waals surface area (Å²) >= 11 is 6.05. The average Bonchev–Trinajstić information content (AvgIpc) is 2.75. The molecule has 2 rings (SSSR count). The second kappa shape index (κ2) is 10.7. The summed E-state index contributed by atoms with van der Waals surface area (Å²) in [4.78, 5) is 33.5. The molecular weight excluding hydrogens is 473 g/mol. The van der Waals surface area contributed by atoms with E-state index in [4.69, 9.17) is 25.8 Å². The zero-order valence-electron chi connectivity index (χ0n) is 17.1. The minimum absolute atomic E-state index is 0.216. The Morgan fingerprint density at radius 2 is 1.88 bits per heavy atom. The van der Waals surface area contributed by atoms with Gasteiger partial charge in [-0.2, -0.15) is 13.2 Å². The number of nitrogens with zero attached hydrogens (tertiary/aromatic N) is 1. The fraction of sp³-hybridized carbons (Fsp3) is 0.200. The van der Waals surface area contributed by atoms with Crippen molar-refractivity contribution in [1.82, 2.24) is 0 Å². The predicted octanol–water partition coefficient (Wildman–Crippen LogP) is 4.48. The maximum atomic E-state index is 13.2. The molecule has 13 heteroatoms. The Bertz CT molecular complexity index is 1100. The third-order valence-corrected chi connectivity index (χ3v) is 4.29. The lowest BCUT2D eigenvalue weighted by atomic mass is 10.1. The predicted molar refractivity (Wildman–Crippen MR) is 111 cm³/mol. The number of anilines is 1. The van der Waals surface area contributed by atoms with Crippen LogP contribution >= 0.6 is 11.6 Å². The number of esters is 1. The van der Waals surface area contributed by atoms with E-state index in [1.54, 1.807) is 0 Å². The number of hydrogen-bond donors (Lipinski definition) is 1. The number of nitro benzene ring substituents is 1. The quantitative estimate of drug-likeness (QED) is 0.252. The maximum absolute atomic E-state index is 13.2. The largest absolute Gasteiger partial charge is 0.493 e. The molecule has 2 aromatic rings. The van der Waals surface area contributed by atoms with E-state index in [0.717, 1.165) is 18.2 Å². The van der Waals surface area contributed by atoms with Crippen molar-refractivity contribution in [2.24, 2.45) is 0 Å². The number of nitrogens with one attached hydrogen (secondary N) is 1. The third kappa shape index (κ3) is 6.84. The van der Waals surface area contributed by atoms with Crippen molar-refractivity contribution < 1.29 is 41.9 Å². The lowest BCUT2D eigenvalue weighted by molar-refractivity contribution is -0.385. The van der Waals surface area contributed by atoms with E-state index in [-0.39, 0.29) is 5.02 Å². The Balaban J connectivity index is 2.04. The van der Waals surface area contributed by atoms with Crippen LogP contribution in [0.1, 0.15) is 11.1 Å². The van der Waals surface area contributed by atoms with Crippen molar-refractivity contribution in [3.8, 4) is 11.5 Å². The second-order valence-electron chi connectivity index (χ2n) is 6.21. The zero-order chi connectivity index (χ0) is 24.8. The van der Waals surface area contributed by atoms with Crippen molar-refractivity contribution in [3.63, 3.8) is 0 Å². The van der Waals surface area contributed by atoms with E-state index < -0.39 is 46.5 Å². The van der Waals surface area contributed by atoms with E-state index in [2.05, 4.69) is 0 Å². The van der Waals surface area contributed by atoms with Gasteiger partial charge in [0.05, 0.1) is 35.4 Å². The van der Waals surface area contributed by atoms with Crippen molar-refractivity contribution in [2.75, 3.05) is 26.1 Å². The monoisotopic (exact) mass is 488 g/mol. The molecule has 0 bridgehead atoms. The standard InChI is InChI=1S/C20H16ClF3N2O7/c1-31-16-8-11(7-14(21)19(16)32-2)3-6-18(28)33-10-17(27)25-15-5-4-12(26(29)30)9-13(15)20(22,23)24/h3-9H,10H2,1-2H3,(H,25,27)/b6-3+. The van der Waals surface area contributed by atoms with Crippen molar-refractivity contribution in [2.45, 2.75) is 6.18 Å². The molecule has 0 spiro atoms. The van der Waals surface area contributed by atoms with Gasteiger partial charge in [0, 0.05) is 18.2 Å². The van der Waals surface area contributed by atoms with Crippen LogP contribution in [0.3, 0.4) is 0 Å². The zero-order valence-corrected chi connectivity index (χ0v) is 17.8. The summed E-state index contributed by atoms with van der Waals surface area (Å²) in [5.74, 6) is -1.44. The molecular formula is C20H16ClF3N2O7. The minimum Gasteiger partial charge on any atom is -0.493 e. The number of non-ortho nitro benzene ring substituents is 1. The molecule has 0 atom stereocenters. The fourth-order valence-corrected chi connectivity index (χ4v) is 2.86. The molecule has 0 aliphatic heterocycles. The summed E-state index contributed by atoms with van der Waals surface area (Å²) in [5, 5.41) is 12.8. The first-order chi connectivity index (χ1) is 15.5. The molecule has 0 saturated heterocycles. The molecule has 0 aromatic heterocycles. The van der Waals surface area contributed by atoms with Crippen LogP contribution in [0.2, 0.25) is 5.02 Å². The third-order valence-electron chi connectivity index (χ3n) is 4.01. The number of ether oxygens (including phenoxy) is 3. The Labute approximate surface area is 189 Å². The smallest absolute Gasteiger partial charge is 0.418 e. The SMILES string of the molecule is COc1cc(/C=C/C(=O)OCC(=O)Nc2ccc([N+](=O)[O-])cc2C(F)(F)F)cc(Cl)c1OC. The van der Waals surface area contributed by atoms with Crippen LogP contribution in [0.5, 0.6) is 11.5 Å². The molecule has 33 heavy (non-hydrogen) atoms. The molecule has 0 radical (unpaired) electrons. The average molecular weight is 489 g/mol. The number of carbonyl (C=O) groups is 2. The first-order valence-corrected chi connectivity index (χ1v) is 9.26. The summed E-state index contributed by atoms with van der Waals surface area (Å²) in [6.07, 6.45) is -2.68. The number of carbonyl (C=O) groups excluding carboxylic acids is 2. The van der Waals surface area contributed by atoms with Crippen molar-refractivity contribution in [1.29, 1.82) is 0 Å². The highest BCUT2D eigenvalue weighted by Gasteiger charge is 2.35. The number of alkyl halides is 3. The lowest BCUT2D eigenvalue weighted by Crippen LogP contribution is -2.22. The number of rotatable bonds is 8. The van der Waals surface area contributed by atoms with Gasteiger partial charge in [-0.1, -0.05) is 11.6 Å². The van der Waals surface area contributed by atoms with Gasteiger partial charge in [-0.3, -0.25) is 14.9 Å². The van der Waals surface area contributed by atoms with Gasteiger partial charge in [0.15, 0.2) is 18.1 Å². The van der Waals surface area contributed by atoms with Gasteiger partial charge in [-0.25, -0.2) is 4.79 Å². The van der Waals surface area contributed by atoms with Gasteiger partial charge < -0.3 is 19.5 Å². The molecule has 2 aromatic carbocycles. The van der Waals surface area contributed by atoms with Crippen LogP contribution in [0.25, 0.3) is 6.08 Å². The second-order valence-corrected chi connectivity index (χ2v) is 6.62. The normalized spacial score (nSPS) is 11.2. The summed E-state index contributed by atoms with van der Waals surface area (Å²) in [5.41, 5.74) is -2.49. The lowest BCUT2D eigenvalue weighted by Gasteiger charge is -2.13. The van der Waals surface area contributed by atoms with E-state index in [1.807, 2.05) is 5.32 Å². The maximum Gasteiger partial charge on any atom is 0.418 e. The highest BCUT2D eigenvalue weighted by atomic mass is 35.5. The molecule has 176 valence electrons.